The first-order valence-corrected chi connectivity index (χ1v) is 7.27. The molecule has 0 spiro atoms. The lowest BCUT2D eigenvalue weighted by Crippen LogP contribution is -2.35. The first kappa shape index (κ1) is 14.1. The molecule has 1 fully saturated rings. The topological polar surface area (TPSA) is 59.0 Å². The van der Waals surface area contributed by atoms with Gasteiger partial charge in [0.15, 0.2) is 0 Å². The lowest BCUT2D eigenvalue weighted by Gasteiger charge is -2.13. The predicted molar refractivity (Wildman–Crippen MR) is 74.7 cm³/mol. The number of rotatable bonds is 7. The van der Waals surface area contributed by atoms with Crippen LogP contribution in [-0.4, -0.2) is 28.3 Å². The normalized spacial score (nSPS) is 19.1. The summed E-state index contributed by atoms with van der Waals surface area (Å²) in [5, 5.41) is 10.9. The molecule has 0 bridgehead atoms. The highest BCUT2D eigenvalue weighted by Crippen LogP contribution is 2.14. The Bertz CT molecular complexity index is 411. The molecule has 19 heavy (non-hydrogen) atoms. The molecule has 1 saturated heterocycles. The molecular weight excluding hydrogens is 240 g/mol. The number of hydrogen-bond donors (Lipinski definition) is 2. The molecule has 5 heteroatoms. The molecule has 2 N–H and O–H groups in total. The van der Waals surface area contributed by atoms with Gasteiger partial charge in [-0.3, -0.25) is 9.48 Å². The molecule has 5 nitrogen and oxygen atoms in total. The largest absolute Gasteiger partial charge is 0.352 e. The van der Waals surface area contributed by atoms with Crippen molar-refractivity contribution in [3.05, 3.63) is 18.0 Å². The van der Waals surface area contributed by atoms with Crippen LogP contribution in [-0.2, 0) is 11.3 Å². The summed E-state index contributed by atoms with van der Waals surface area (Å²) in [5.74, 6) is 0.171. The minimum atomic E-state index is 0.171. The molecular formula is C14H24N4O. The van der Waals surface area contributed by atoms with E-state index in [2.05, 4.69) is 46.5 Å². The van der Waals surface area contributed by atoms with Crippen molar-refractivity contribution >= 4 is 5.91 Å². The van der Waals surface area contributed by atoms with Crippen molar-refractivity contribution < 1.29 is 4.79 Å². The monoisotopic (exact) mass is 264 g/mol. The fourth-order valence-corrected chi connectivity index (χ4v) is 2.54. The maximum absolute atomic E-state index is 11.1. The van der Waals surface area contributed by atoms with Crippen molar-refractivity contribution in [1.29, 1.82) is 0 Å². The smallest absolute Gasteiger partial charge is 0.220 e. The second-order valence-corrected chi connectivity index (χ2v) is 5.19. The number of hydrogen-bond acceptors (Lipinski definition) is 3. The van der Waals surface area contributed by atoms with Gasteiger partial charge in [0.25, 0.3) is 0 Å². The zero-order chi connectivity index (χ0) is 13.7. The number of carbonyl (C=O) groups is 1. The Morgan fingerprint density at radius 1 is 1.53 bits per heavy atom. The van der Waals surface area contributed by atoms with Crippen LogP contribution < -0.4 is 10.6 Å². The Kier molecular flexibility index (Phi) is 4.96. The van der Waals surface area contributed by atoms with Gasteiger partial charge in [-0.15, -0.1) is 0 Å². The highest BCUT2D eigenvalue weighted by atomic mass is 16.1. The van der Waals surface area contributed by atoms with Crippen LogP contribution in [0.2, 0.25) is 0 Å². The number of nitrogens with zero attached hydrogens (tertiary/aromatic N) is 2. The molecule has 1 aliphatic heterocycles. The van der Waals surface area contributed by atoms with E-state index in [4.69, 9.17) is 0 Å². The lowest BCUT2D eigenvalue weighted by molar-refractivity contribution is -0.119. The zero-order valence-electron chi connectivity index (χ0n) is 11.9. The number of amides is 1. The van der Waals surface area contributed by atoms with Gasteiger partial charge >= 0.3 is 0 Å². The van der Waals surface area contributed by atoms with Gasteiger partial charge in [0.2, 0.25) is 5.91 Å². The fourth-order valence-electron chi connectivity index (χ4n) is 2.54. The van der Waals surface area contributed by atoms with Crippen LogP contribution in [0.5, 0.6) is 0 Å². The Morgan fingerprint density at radius 2 is 2.32 bits per heavy atom. The third-order valence-corrected chi connectivity index (χ3v) is 3.76. The maximum Gasteiger partial charge on any atom is 0.220 e. The second-order valence-electron chi connectivity index (χ2n) is 5.19. The van der Waals surface area contributed by atoms with Crippen molar-refractivity contribution in [2.45, 2.75) is 58.2 Å². The molecule has 1 aromatic rings. The molecule has 1 amide bonds. The standard InChI is InChI=1S/C14H24N4O/c1-3-13(4-2)18-8-7-12(17-18)10-15-9-11-5-6-14(19)16-11/h7-8,11,13,15H,3-6,9-10H2,1-2H3,(H,16,19). The summed E-state index contributed by atoms with van der Waals surface area (Å²) in [7, 11) is 0. The van der Waals surface area contributed by atoms with E-state index in [-0.39, 0.29) is 11.9 Å². The summed E-state index contributed by atoms with van der Waals surface area (Å²) in [4.78, 5) is 11.1. The Hall–Kier alpha value is -1.36. The molecule has 1 aliphatic rings. The van der Waals surface area contributed by atoms with Crippen LogP contribution in [0, 0.1) is 0 Å². The van der Waals surface area contributed by atoms with Crippen LogP contribution in [0.1, 0.15) is 51.3 Å². The summed E-state index contributed by atoms with van der Waals surface area (Å²) in [5.41, 5.74) is 1.07. The molecule has 0 radical (unpaired) electrons. The molecule has 0 aromatic carbocycles. The summed E-state index contributed by atoms with van der Waals surface area (Å²) in [6.07, 6.45) is 5.88. The molecule has 0 saturated carbocycles. The molecule has 2 rings (SSSR count). The molecule has 1 unspecified atom stereocenters. The molecule has 2 heterocycles. The van der Waals surface area contributed by atoms with Gasteiger partial charge in [-0.2, -0.15) is 5.10 Å². The summed E-state index contributed by atoms with van der Waals surface area (Å²) in [6.45, 7) is 5.97. The zero-order valence-corrected chi connectivity index (χ0v) is 11.9. The van der Waals surface area contributed by atoms with E-state index in [0.717, 1.165) is 38.0 Å². The molecule has 1 aromatic heterocycles. The van der Waals surface area contributed by atoms with Crippen molar-refractivity contribution in [3.8, 4) is 0 Å². The van der Waals surface area contributed by atoms with Crippen LogP contribution in [0.3, 0.4) is 0 Å². The summed E-state index contributed by atoms with van der Waals surface area (Å²) >= 11 is 0. The number of aromatic nitrogens is 2. The summed E-state index contributed by atoms with van der Waals surface area (Å²) < 4.78 is 2.06. The van der Waals surface area contributed by atoms with Crippen LogP contribution in [0.4, 0.5) is 0 Å². The second kappa shape index (κ2) is 6.70. The highest BCUT2D eigenvalue weighted by Gasteiger charge is 2.19. The van der Waals surface area contributed by atoms with Gasteiger partial charge < -0.3 is 10.6 Å². The van der Waals surface area contributed by atoms with Gasteiger partial charge in [0.1, 0.15) is 0 Å². The lowest BCUT2D eigenvalue weighted by atomic mass is 10.2. The fraction of sp³-hybridized carbons (Fsp3) is 0.714. The third-order valence-electron chi connectivity index (χ3n) is 3.76. The van der Waals surface area contributed by atoms with E-state index in [1.54, 1.807) is 0 Å². The van der Waals surface area contributed by atoms with E-state index in [1.165, 1.54) is 0 Å². The van der Waals surface area contributed by atoms with Crippen LogP contribution in [0.15, 0.2) is 12.3 Å². The van der Waals surface area contributed by atoms with Gasteiger partial charge in [-0.1, -0.05) is 13.8 Å². The Morgan fingerprint density at radius 3 is 2.95 bits per heavy atom. The van der Waals surface area contributed by atoms with Crippen molar-refractivity contribution in [1.82, 2.24) is 20.4 Å². The maximum atomic E-state index is 11.1. The van der Waals surface area contributed by atoms with Gasteiger partial charge in [0.05, 0.1) is 11.7 Å². The van der Waals surface area contributed by atoms with Crippen LogP contribution in [0.25, 0.3) is 0 Å². The first-order chi connectivity index (χ1) is 9.22. The van der Waals surface area contributed by atoms with E-state index < -0.39 is 0 Å². The molecule has 1 atom stereocenters. The van der Waals surface area contributed by atoms with E-state index in [1.807, 2.05) is 0 Å². The SMILES string of the molecule is CCC(CC)n1ccc(CNCC2CCC(=O)N2)n1. The van der Waals surface area contributed by atoms with Crippen molar-refractivity contribution in [2.75, 3.05) is 6.54 Å². The minimum absolute atomic E-state index is 0.171. The number of nitrogens with one attached hydrogen (secondary N) is 2. The van der Waals surface area contributed by atoms with Gasteiger partial charge in [-0.05, 0) is 25.3 Å². The summed E-state index contributed by atoms with van der Waals surface area (Å²) in [6, 6.07) is 2.86. The highest BCUT2D eigenvalue weighted by molar-refractivity contribution is 5.78. The average Bonchev–Trinajstić information content (AvgIpc) is 3.01. The Labute approximate surface area is 114 Å². The van der Waals surface area contributed by atoms with Gasteiger partial charge in [0, 0.05) is 31.7 Å². The Balaban J connectivity index is 1.75. The minimum Gasteiger partial charge on any atom is -0.352 e. The number of carbonyl (C=O) groups excluding carboxylic acids is 1. The molecule has 106 valence electrons. The molecule has 0 aliphatic carbocycles. The van der Waals surface area contributed by atoms with Crippen LogP contribution >= 0.6 is 0 Å². The first-order valence-electron chi connectivity index (χ1n) is 7.27. The van der Waals surface area contributed by atoms with Crippen molar-refractivity contribution in [2.24, 2.45) is 0 Å². The van der Waals surface area contributed by atoms with Gasteiger partial charge in [-0.25, -0.2) is 0 Å². The van der Waals surface area contributed by atoms with E-state index >= 15 is 0 Å². The quantitative estimate of drug-likeness (QED) is 0.786. The third kappa shape index (κ3) is 3.80. The van der Waals surface area contributed by atoms with E-state index in [0.29, 0.717) is 12.5 Å². The average molecular weight is 264 g/mol. The van der Waals surface area contributed by atoms with E-state index in [9.17, 15) is 4.79 Å². The van der Waals surface area contributed by atoms with Crippen molar-refractivity contribution in [3.63, 3.8) is 0 Å². The predicted octanol–water partition coefficient (Wildman–Crippen LogP) is 1.61.